The van der Waals surface area contributed by atoms with Gasteiger partial charge in [0.15, 0.2) is 18.4 Å². The molecule has 10 aromatic rings. The van der Waals surface area contributed by atoms with Gasteiger partial charge in [-0.15, -0.1) is 0 Å². The largest absolute Gasteiger partial charge is 0.494 e. The van der Waals surface area contributed by atoms with E-state index in [4.69, 9.17) is 37.9 Å². The van der Waals surface area contributed by atoms with Crippen molar-refractivity contribution in [2.75, 3.05) is 46.2 Å². The maximum Gasteiger partial charge on any atom is 0.343 e. The van der Waals surface area contributed by atoms with Crippen molar-refractivity contribution in [3.63, 3.8) is 0 Å². The average Bonchev–Trinajstić information content (AvgIpc) is 0.741. The highest BCUT2D eigenvalue weighted by molar-refractivity contribution is 6.28. The van der Waals surface area contributed by atoms with E-state index in [2.05, 4.69) is 0 Å². The van der Waals surface area contributed by atoms with Crippen LogP contribution in [0.15, 0.2) is 146 Å². The van der Waals surface area contributed by atoms with E-state index in [1.54, 1.807) is 73.7 Å². The van der Waals surface area contributed by atoms with E-state index in [1.165, 1.54) is 0 Å². The van der Waals surface area contributed by atoms with Crippen LogP contribution in [0.25, 0.3) is 64.6 Å². The Morgan fingerprint density at radius 3 is 1.37 bits per heavy atom. The lowest BCUT2D eigenvalue weighted by atomic mass is 9.92. The summed E-state index contributed by atoms with van der Waals surface area (Å²) in [6.45, 7) is 17.2. The van der Waals surface area contributed by atoms with Crippen molar-refractivity contribution in [3.05, 3.63) is 168 Å². The van der Waals surface area contributed by atoms with Gasteiger partial charge in [0.25, 0.3) is 0 Å². The van der Waals surface area contributed by atoms with E-state index in [0.717, 1.165) is 140 Å². The van der Waals surface area contributed by atoms with Gasteiger partial charge in [0.1, 0.15) is 48.8 Å². The molecule has 18 heteroatoms. The molecular formula is C83H90O18. The van der Waals surface area contributed by atoms with Gasteiger partial charge >= 0.3 is 29.8 Å². The zero-order chi connectivity index (χ0) is 72.8. The van der Waals surface area contributed by atoms with Crippen LogP contribution in [0, 0.1) is 23.7 Å². The van der Waals surface area contributed by atoms with Crippen LogP contribution in [-0.2, 0) is 47.7 Å². The van der Waals surface area contributed by atoms with Crippen LogP contribution in [-0.4, -0.2) is 107 Å². The highest BCUT2D eigenvalue weighted by atomic mass is 16.6. The second kappa shape index (κ2) is 40.0. The van der Waals surface area contributed by atoms with Gasteiger partial charge < -0.3 is 42.7 Å². The Labute approximate surface area is 588 Å². The minimum atomic E-state index is -0.519. The first-order chi connectivity index (χ1) is 48.9. The molecule has 0 bridgehead atoms. The lowest BCUT2D eigenvalue weighted by Crippen LogP contribution is -2.19. The molecule has 0 fully saturated rings. The van der Waals surface area contributed by atoms with Gasteiger partial charge in [0.05, 0.1) is 62.8 Å². The molecule has 0 aromatic heterocycles. The molecule has 4 unspecified atom stereocenters. The Bertz CT molecular complexity index is 4400. The first kappa shape index (κ1) is 77.9. The number of benzene rings is 10. The van der Waals surface area contributed by atoms with E-state index in [-0.39, 0.29) is 80.0 Å². The molecule has 0 aliphatic rings. The highest BCUT2D eigenvalue weighted by Gasteiger charge is 2.21. The van der Waals surface area contributed by atoms with Crippen LogP contribution in [0.5, 0.6) is 23.0 Å². The molecule has 10 rings (SSSR count). The topological polar surface area (TPSA) is 245 Å². The van der Waals surface area contributed by atoms with Crippen molar-refractivity contribution < 1.29 is 85.8 Å². The Kier molecular flexibility index (Phi) is 30.8. The van der Waals surface area contributed by atoms with Gasteiger partial charge in [-0.05, 0) is 161 Å². The van der Waals surface area contributed by atoms with Crippen molar-refractivity contribution in [1.29, 1.82) is 0 Å². The summed E-state index contributed by atoms with van der Waals surface area (Å²) in [6.07, 6.45) is 9.70. The van der Waals surface area contributed by atoms with Crippen LogP contribution in [0.4, 0.5) is 0 Å². The van der Waals surface area contributed by atoms with Crippen LogP contribution >= 0.6 is 0 Å². The number of ether oxygens (including phenoxy) is 8. The van der Waals surface area contributed by atoms with Gasteiger partial charge in [0, 0.05) is 50.6 Å². The summed E-state index contributed by atoms with van der Waals surface area (Å²) >= 11 is 0. The van der Waals surface area contributed by atoms with Crippen molar-refractivity contribution in [2.24, 2.45) is 23.7 Å². The summed E-state index contributed by atoms with van der Waals surface area (Å²) in [7, 11) is 0. The summed E-state index contributed by atoms with van der Waals surface area (Å²) in [5.74, 6) is 0.467. The lowest BCUT2D eigenvalue weighted by molar-refractivity contribution is -0.150. The quantitative estimate of drug-likeness (QED) is 0.00908. The summed E-state index contributed by atoms with van der Waals surface area (Å²) in [4.78, 5) is 116. The number of carbonyl (C=O) groups is 10. The molecule has 0 aliphatic heterocycles. The number of hydrogen-bond acceptors (Lipinski definition) is 18. The van der Waals surface area contributed by atoms with Crippen molar-refractivity contribution in [1.82, 2.24) is 0 Å². The molecule has 0 amide bonds. The maximum atomic E-state index is 13.0. The molecular weight excluding hydrogens is 1280 g/mol. The molecule has 10 aromatic carbocycles. The lowest BCUT2D eigenvalue weighted by Gasteiger charge is -2.15. The zero-order valence-electron chi connectivity index (χ0n) is 58.8. The molecule has 4 atom stereocenters. The Balaban J connectivity index is 0.000000213. The van der Waals surface area contributed by atoms with Gasteiger partial charge in [-0.1, -0.05) is 134 Å². The molecule has 101 heavy (non-hydrogen) atoms. The normalized spacial score (nSPS) is 12.1. The third-order valence-electron chi connectivity index (χ3n) is 17.5. The predicted octanol–water partition coefficient (Wildman–Crippen LogP) is 17.1. The number of carbonyl (C=O) groups excluding carboxylic acids is 10. The fourth-order valence-corrected chi connectivity index (χ4v) is 10.5. The SMILES string of the molecule is CCC(C)C(=O)OCCCCOc1ccc(C(=O)Oc2ccc3ccc4c(C=O)ccc5ccc2c3c54)cc1.CCC(C)C(=O)OCCCCOc1ccc(C=O)cc1.CCC(C)C(=O)OCCOCC(=O)CCC(=O)Oc1cc2ccc(C=O)c3ccc4cccc1c4c23.CCC(C)C=O. The third-order valence-corrected chi connectivity index (χ3v) is 17.5. The Morgan fingerprint density at radius 2 is 0.861 bits per heavy atom. The van der Waals surface area contributed by atoms with Crippen LogP contribution in [0.1, 0.15) is 161 Å². The Hall–Kier alpha value is -10.5. The highest BCUT2D eigenvalue weighted by Crippen LogP contribution is 2.42. The second-order valence-corrected chi connectivity index (χ2v) is 24.8. The maximum absolute atomic E-state index is 13.0. The summed E-state index contributed by atoms with van der Waals surface area (Å²) < 4.78 is 43.5. The van der Waals surface area contributed by atoms with E-state index in [9.17, 15) is 47.9 Å². The molecule has 0 saturated heterocycles. The summed E-state index contributed by atoms with van der Waals surface area (Å²) in [5, 5.41) is 11.0. The number of unbranched alkanes of at least 4 members (excludes halogenated alkanes) is 2. The molecule has 0 heterocycles. The fourth-order valence-electron chi connectivity index (χ4n) is 10.5. The molecule has 18 nitrogen and oxygen atoms in total. The molecule has 0 N–H and O–H groups in total. The van der Waals surface area contributed by atoms with Gasteiger partial charge in [-0.25, -0.2) is 4.79 Å². The number of ketones is 1. The fraction of sp³-hybridized carbons (Fsp3) is 0.349. The molecule has 0 saturated carbocycles. The van der Waals surface area contributed by atoms with Crippen LogP contribution in [0.3, 0.4) is 0 Å². The second-order valence-electron chi connectivity index (χ2n) is 24.8. The van der Waals surface area contributed by atoms with Crippen molar-refractivity contribution in [3.8, 4) is 23.0 Å². The van der Waals surface area contributed by atoms with E-state index in [0.29, 0.717) is 72.4 Å². The Morgan fingerprint density at radius 1 is 0.406 bits per heavy atom. The third kappa shape index (κ3) is 22.0. The number of esters is 5. The number of hydrogen-bond donors (Lipinski definition) is 0. The summed E-state index contributed by atoms with van der Waals surface area (Å²) in [6, 6.07) is 44.2. The number of rotatable bonds is 34. The molecule has 0 radical (unpaired) electrons. The van der Waals surface area contributed by atoms with Crippen molar-refractivity contribution >= 4 is 125 Å². The van der Waals surface area contributed by atoms with Crippen molar-refractivity contribution in [2.45, 2.75) is 120 Å². The van der Waals surface area contributed by atoms with Crippen LogP contribution in [0.2, 0.25) is 0 Å². The van der Waals surface area contributed by atoms with E-state index in [1.807, 2.05) is 127 Å². The minimum Gasteiger partial charge on any atom is -0.494 e. The average molecular weight is 1380 g/mol. The number of aldehydes is 4. The molecule has 530 valence electrons. The van der Waals surface area contributed by atoms with Gasteiger partial charge in [0.2, 0.25) is 0 Å². The van der Waals surface area contributed by atoms with Crippen LogP contribution < -0.4 is 18.9 Å². The zero-order valence-corrected chi connectivity index (χ0v) is 58.8. The molecule has 0 aliphatic carbocycles. The van der Waals surface area contributed by atoms with E-state index < -0.39 is 11.9 Å². The van der Waals surface area contributed by atoms with Gasteiger partial charge in [-0.2, -0.15) is 0 Å². The standard InChI is InChI=1S/C33H30O6.C29H28O7.C16H22O4.C5H10O/c1-3-21(2)32(35)38-19-5-4-18-37-26-13-8-24(9-14-26)33(36)39-29-17-12-23-10-15-27-25(20-34)7-6-22-11-16-28(29)31(23)30(22)27;1-3-18(2)29(33)35-14-13-34-17-22(31)10-12-26(32)36-25-15-20-7-8-21(16-30)23-11-9-19-5-4-6-24(25)27(19)28(20)23;1-3-13(2)16(18)20-11-5-4-10-19-15-8-6-14(12-17)7-9-15;1-3-5(2)4-6/h6-17,20-21H,3-5,18-19H2,1-2H3;4-9,11,15-16,18H,3,10,12-14,17H2,1-2H3;6-9,12-13H,3-5,10-11H2,1-2H3;4-5H,3H2,1-2H3. The predicted molar refractivity (Wildman–Crippen MR) is 391 cm³/mol. The summed E-state index contributed by atoms with van der Waals surface area (Å²) in [5.41, 5.74) is 2.28. The van der Waals surface area contributed by atoms with Gasteiger partial charge in [-0.3, -0.25) is 38.4 Å². The van der Waals surface area contributed by atoms with E-state index >= 15 is 0 Å². The first-order valence-corrected chi connectivity index (χ1v) is 34.6. The molecule has 0 spiro atoms. The monoisotopic (exact) mass is 1370 g/mol. The first-order valence-electron chi connectivity index (χ1n) is 34.6. The smallest absolute Gasteiger partial charge is 0.343 e. The minimum absolute atomic E-state index is 0.0160. The number of Topliss-reactive ketones (excluding diaryl/α,β-unsaturated/α-hetero) is 1.